The van der Waals surface area contributed by atoms with E-state index in [4.69, 9.17) is 0 Å². The van der Waals surface area contributed by atoms with E-state index in [1.807, 2.05) is 5.41 Å². The maximum atomic E-state index is 3.56. The van der Waals surface area contributed by atoms with Gasteiger partial charge in [-0.3, -0.25) is 0 Å². The van der Waals surface area contributed by atoms with Crippen LogP contribution in [0.3, 0.4) is 0 Å². The van der Waals surface area contributed by atoms with Crippen LogP contribution in [0, 0.1) is 0 Å². The zero-order valence-electron chi connectivity index (χ0n) is 3.48. The van der Waals surface area contributed by atoms with E-state index in [-0.39, 0.29) is 0 Å². The minimum absolute atomic E-state index is 1.20. The highest BCUT2D eigenvalue weighted by Gasteiger charge is 1.72. The highest BCUT2D eigenvalue weighted by atomic mass is 127. The number of hydrogen-bond acceptors (Lipinski definition) is 1. The molecule has 0 saturated heterocycles. The molecule has 2 heteroatoms. The highest BCUT2D eigenvalue weighted by molar-refractivity contribution is 14.1. The molecule has 0 atom stereocenters. The van der Waals surface area contributed by atoms with Gasteiger partial charge in [0.1, 0.15) is 0 Å². The monoisotopic (exact) mass is 214 g/mol. The molecule has 0 aromatic carbocycles. The van der Waals surface area contributed by atoms with E-state index in [1.54, 1.807) is 11.8 Å². The fraction of sp³-hybridized carbons (Fsp3) is 0.500. The lowest BCUT2D eigenvalue weighted by molar-refractivity contribution is 1.62. The van der Waals surface area contributed by atoms with Gasteiger partial charge in [-0.15, -0.1) is 11.8 Å². The lowest BCUT2D eigenvalue weighted by Gasteiger charge is -1.81. The molecule has 0 nitrogen and oxygen atoms in total. The molecule has 0 saturated carbocycles. The van der Waals surface area contributed by atoms with Crippen molar-refractivity contribution in [1.82, 2.24) is 0 Å². The summed E-state index contributed by atoms with van der Waals surface area (Å²) in [6.07, 6.45) is 0. The van der Waals surface area contributed by atoms with Gasteiger partial charge in [-0.25, -0.2) is 0 Å². The topological polar surface area (TPSA) is 0 Å². The van der Waals surface area contributed by atoms with Crippen LogP contribution in [0.2, 0.25) is 0 Å². The lowest BCUT2D eigenvalue weighted by atomic mass is 11.0. The zero-order valence-corrected chi connectivity index (χ0v) is 6.46. The fourth-order valence-corrected chi connectivity index (χ4v) is 1.15. The van der Waals surface area contributed by atoms with Crippen LogP contribution in [-0.4, -0.2) is 10.2 Å². The number of rotatable bonds is 3. The standard InChI is InChI=1S/C4H7IS/c1-2-6-4-3-5/h2H,1,3-4H2. The van der Waals surface area contributed by atoms with Crippen molar-refractivity contribution >= 4 is 34.4 Å². The van der Waals surface area contributed by atoms with E-state index in [9.17, 15) is 0 Å². The van der Waals surface area contributed by atoms with Gasteiger partial charge in [-0.05, 0) is 5.41 Å². The Hall–Kier alpha value is 0.820. The first kappa shape index (κ1) is 6.82. The third-order valence-electron chi connectivity index (χ3n) is 0.313. The van der Waals surface area contributed by atoms with Crippen LogP contribution in [0.4, 0.5) is 0 Å². The molecule has 0 unspecified atom stereocenters. The summed E-state index contributed by atoms with van der Waals surface area (Å²) in [4.78, 5) is 0. The van der Waals surface area contributed by atoms with Crippen LogP contribution in [-0.2, 0) is 0 Å². The van der Waals surface area contributed by atoms with Crippen LogP contribution in [0.25, 0.3) is 0 Å². The molecule has 6 heavy (non-hydrogen) atoms. The Kier molecular flexibility index (Phi) is 6.62. The van der Waals surface area contributed by atoms with Crippen molar-refractivity contribution in [3.8, 4) is 0 Å². The summed E-state index contributed by atoms with van der Waals surface area (Å²) in [5.41, 5.74) is 0. The van der Waals surface area contributed by atoms with Gasteiger partial charge in [0.05, 0.1) is 0 Å². The van der Waals surface area contributed by atoms with Crippen molar-refractivity contribution in [3.05, 3.63) is 12.0 Å². The van der Waals surface area contributed by atoms with E-state index < -0.39 is 0 Å². The first-order chi connectivity index (χ1) is 2.91. The second kappa shape index (κ2) is 5.82. The van der Waals surface area contributed by atoms with E-state index >= 15 is 0 Å². The second-order valence-electron chi connectivity index (χ2n) is 0.726. The molecule has 0 bridgehead atoms. The van der Waals surface area contributed by atoms with Crippen LogP contribution in [0.15, 0.2) is 12.0 Å². The molecule has 0 heterocycles. The molecule has 0 amide bonds. The molecular weight excluding hydrogens is 207 g/mol. The molecule has 0 aliphatic carbocycles. The number of hydrogen-bond donors (Lipinski definition) is 0. The average molecular weight is 214 g/mol. The van der Waals surface area contributed by atoms with Crippen LogP contribution in [0.1, 0.15) is 0 Å². The van der Waals surface area contributed by atoms with Gasteiger partial charge in [0.15, 0.2) is 0 Å². The van der Waals surface area contributed by atoms with E-state index in [0.29, 0.717) is 0 Å². The zero-order chi connectivity index (χ0) is 4.83. The van der Waals surface area contributed by atoms with Crippen molar-refractivity contribution in [1.29, 1.82) is 0 Å². The molecule has 0 spiro atoms. The van der Waals surface area contributed by atoms with Crippen molar-refractivity contribution in [2.24, 2.45) is 0 Å². The molecule has 0 aliphatic rings. The number of halogens is 1. The first-order valence-corrected chi connectivity index (χ1v) is 4.27. The Morgan fingerprint density at radius 3 is 2.67 bits per heavy atom. The van der Waals surface area contributed by atoms with Gasteiger partial charge in [-0.1, -0.05) is 29.2 Å². The Bertz CT molecular complexity index is 36.5. The van der Waals surface area contributed by atoms with Crippen molar-refractivity contribution in [2.75, 3.05) is 10.2 Å². The molecule has 0 aliphatic heterocycles. The minimum Gasteiger partial charge on any atom is -0.134 e. The quantitative estimate of drug-likeness (QED) is 0.394. The summed E-state index contributed by atoms with van der Waals surface area (Å²) in [7, 11) is 0. The summed E-state index contributed by atoms with van der Waals surface area (Å²) >= 11 is 4.11. The highest BCUT2D eigenvalue weighted by Crippen LogP contribution is 1.99. The molecule has 0 rings (SSSR count). The van der Waals surface area contributed by atoms with Crippen LogP contribution in [0.5, 0.6) is 0 Å². The van der Waals surface area contributed by atoms with Gasteiger partial charge in [0.25, 0.3) is 0 Å². The number of alkyl halides is 1. The van der Waals surface area contributed by atoms with Crippen molar-refractivity contribution in [2.45, 2.75) is 0 Å². The molecule has 0 radical (unpaired) electrons. The van der Waals surface area contributed by atoms with Gasteiger partial charge in [0.2, 0.25) is 0 Å². The van der Waals surface area contributed by atoms with Crippen molar-refractivity contribution < 1.29 is 0 Å². The van der Waals surface area contributed by atoms with Gasteiger partial charge >= 0.3 is 0 Å². The second-order valence-corrected chi connectivity index (χ2v) is 2.88. The molecule has 0 N–H and O–H groups in total. The predicted molar refractivity (Wildman–Crippen MR) is 41.5 cm³/mol. The van der Waals surface area contributed by atoms with Gasteiger partial charge < -0.3 is 0 Å². The summed E-state index contributed by atoms with van der Waals surface area (Å²) in [6.45, 7) is 3.56. The third kappa shape index (κ3) is 4.82. The fourth-order valence-electron chi connectivity index (χ4n) is 0.128. The summed E-state index contributed by atoms with van der Waals surface area (Å²) in [5, 5.41) is 1.87. The predicted octanol–water partition coefficient (Wildman–Crippen LogP) is 2.30. The third-order valence-corrected chi connectivity index (χ3v) is 2.26. The van der Waals surface area contributed by atoms with Crippen molar-refractivity contribution in [3.63, 3.8) is 0 Å². The van der Waals surface area contributed by atoms with Crippen LogP contribution >= 0.6 is 34.4 Å². The van der Waals surface area contributed by atoms with E-state index in [0.717, 1.165) is 0 Å². The molecule has 0 fully saturated rings. The molecule has 0 aromatic rings. The SMILES string of the molecule is C=CSCCI. The Balaban J connectivity index is 2.49. The normalized spacial score (nSPS) is 8.17. The number of thioether (sulfide) groups is 1. The van der Waals surface area contributed by atoms with Gasteiger partial charge in [-0.2, -0.15) is 0 Å². The Morgan fingerprint density at radius 2 is 2.50 bits per heavy atom. The Labute approximate surface area is 56.5 Å². The average Bonchev–Trinajstić information content (AvgIpc) is 1.61. The molecular formula is C4H7IS. The summed E-state index contributed by atoms with van der Waals surface area (Å²) in [5.74, 6) is 1.20. The lowest BCUT2D eigenvalue weighted by Crippen LogP contribution is -1.69. The molecule has 0 aromatic heterocycles. The van der Waals surface area contributed by atoms with E-state index in [2.05, 4.69) is 29.2 Å². The first-order valence-electron chi connectivity index (χ1n) is 1.70. The minimum atomic E-state index is 1.20. The van der Waals surface area contributed by atoms with Crippen LogP contribution < -0.4 is 0 Å². The Morgan fingerprint density at radius 1 is 1.83 bits per heavy atom. The summed E-state index contributed by atoms with van der Waals surface area (Å²) < 4.78 is 1.22. The maximum absolute atomic E-state index is 3.56. The summed E-state index contributed by atoms with van der Waals surface area (Å²) in [6, 6.07) is 0. The van der Waals surface area contributed by atoms with Gasteiger partial charge in [0, 0.05) is 10.2 Å². The smallest absolute Gasteiger partial charge is 0.00896 e. The largest absolute Gasteiger partial charge is 0.134 e. The van der Waals surface area contributed by atoms with E-state index in [1.165, 1.54) is 10.2 Å². The maximum Gasteiger partial charge on any atom is 0.00896 e. The molecule has 36 valence electrons.